The van der Waals surface area contributed by atoms with Gasteiger partial charge in [-0.3, -0.25) is 4.79 Å². The lowest BCUT2D eigenvalue weighted by atomic mass is 10.2. The summed E-state index contributed by atoms with van der Waals surface area (Å²) in [5.74, 6) is 0.380. The molecule has 30 heavy (non-hydrogen) atoms. The van der Waals surface area contributed by atoms with Crippen LogP contribution in [0.3, 0.4) is 0 Å². The van der Waals surface area contributed by atoms with Crippen LogP contribution in [-0.4, -0.2) is 5.97 Å². The Hall–Kier alpha value is -4.12. The third-order valence-corrected chi connectivity index (χ3v) is 4.39. The molecule has 4 aromatic rings. The Bertz CT molecular complexity index is 1270. The fourth-order valence-electron chi connectivity index (χ4n) is 2.84. The van der Waals surface area contributed by atoms with Gasteiger partial charge in [-0.05, 0) is 42.8 Å². The molecule has 0 aliphatic heterocycles. The van der Waals surface area contributed by atoms with Crippen LogP contribution in [0.4, 0.5) is 0 Å². The van der Waals surface area contributed by atoms with E-state index in [9.17, 15) is 9.59 Å². The quantitative estimate of drug-likeness (QED) is 0.252. The van der Waals surface area contributed by atoms with Gasteiger partial charge in [0.15, 0.2) is 0 Å². The molecule has 0 aliphatic rings. The number of benzene rings is 3. The van der Waals surface area contributed by atoms with Gasteiger partial charge in [0.05, 0.1) is 5.39 Å². The van der Waals surface area contributed by atoms with E-state index in [0.717, 1.165) is 11.1 Å². The smallest absolute Gasteiger partial charge is 0.336 e. The Labute approximate surface area is 172 Å². The average molecular weight is 398 g/mol. The summed E-state index contributed by atoms with van der Waals surface area (Å²) in [6.07, 6.45) is 4.26. The number of carbonyl (C=O) groups is 1. The molecule has 0 unspecified atom stereocenters. The van der Waals surface area contributed by atoms with Gasteiger partial charge < -0.3 is 13.9 Å². The lowest BCUT2D eigenvalue weighted by Crippen LogP contribution is -2.06. The van der Waals surface area contributed by atoms with Crippen LogP contribution in [0.5, 0.6) is 17.2 Å². The molecule has 3 aromatic carbocycles. The van der Waals surface area contributed by atoms with Crippen LogP contribution in [0.1, 0.15) is 11.1 Å². The van der Waals surface area contributed by atoms with Crippen molar-refractivity contribution in [3.05, 3.63) is 106 Å². The van der Waals surface area contributed by atoms with Crippen molar-refractivity contribution < 1.29 is 18.7 Å². The summed E-state index contributed by atoms with van der Waals surface area (Å²) in [6, 6.07) is 21.4. The van der Waals surface area contributed by atoms with Crippen molar-refractivity contribution in [3.63, 3.8) is 0 Å². The maximum absolute atomic E-state index is 12.7. The van der Waals surface area contributed by atoms with Gasteiger partial charge >= 0.3 is 5.97 Å². The van der Waals surface area contributed by atoms with E-state index >= 15 is 0 Å². The van der Waals surface area contributed by atoms with Crippen molar-refractivity contribution in [1.29, 1.82) is 0 Å². The first-order chi connectivity index (χ1) is 14.6. The lowest BCUT2D eigenvalue weighted by Gasteiger charge is -2.07. The lowest BCUT2D eigenvalue weighted by molar-refractivity contribution is -0.128. The van der Waals surface area contributed by atoms with Gasteiger partial charge in [0, 0.05) is 12.1 Å². The third-order valence-electron chi connectivity index (χ3n) is 4.39. The highest BCUT2D eigenvalue weighted by Crippen LogP contribution is 2.24. The highest BCUT2D eigenvalue weighted by molar-refractivity contribution is 5.89. The van der Waals surface area contributed by atoms with E-state index in [2.05, 4.69) is 0 Å². The Balaban J connectivity index is 1.52. The minimum Gasteiger partial charge on any atom is -0.460 e. The van der Waals surface area contributed by atoms with Gasteiger partial charge in [-0.1, -0.05) is 48.0 Å². The minimum absolute atomic E-state index is 0.0851. The van der Waals surface area contributed by atoms with Crippen molar-refractivity contribution in [2.45, 2.75) is 6.92 Å². The second-order valence-corrected chi connectivity index (χ2v) is 6.67. The highest BCUT2D eigenvalue weighted by Gasteiger charge is 2.11. The molecule has 0 N–H and O–H groups in total. The molecule has 1 aromatic heterocycles. The number of carbonyl (C=O) groups excluding carboxylic acids is 1. The summed E-state index contributed by atoms with van der Waals surface area (Å²) in [6.45, 7) is 1.97. The average Bonchev–Trinajstić information content (AvgIpc) is 2.76. The molecule has 0 amide bonds. The van der Waals surface area contributed by atoms with Crippen LogP contribution in [0.15, 0.2) is 94.3 Å². The highest BCUT2D eigenvalue weighted by atomic mass is 16.5. The normalized spacial score (nSPS) is 11.0. The Morgan fingerprint density at radius 3 is 2.43 bits per heavy atom. The van der Waals surface area contributed by atoms with Gasteiger partial charge in [-0.2, -0.15) is 0 Å². The number of hydrogen-bond acceptors (Lipinski definition) is 5. The van der Waals surface area contributed by atoms with Gasteiger partial charge in [0.2, 0.25) is 11.2 Å². The zero-order chi connectivity index (χ0) is 20.9. The fourth-order valence-corrected chi connectivity index (χ4v) is 2.84. The molecule has 0 spiro atoms. The first-order valence-electron chi connectivity index (χ1n) is 9.33. The van der Waals surface area contributed by atoms with Crippen molar-refractivity contribution in [2.24, 2.45) is 0 Å². The van der Waals surface area contributed by atoms with Gasteiger partial charge in [0.1, 0.15) is 23.3 Å². The molecule has 0 fully saturated rings. The van der Waals surface area contributed by atoms with Crippen molar-refractivity contribution in [1.82, 2.24) is 0 Å². The summed E-state index contributed by atoms with van der Waals surface area (Å²) >= 11 is 0. The fraction of sp³-hybridized carbons (Fsp3) is 0.0400. The molecule has 0 saturated carbocycles. The molecule has 4 rings (SSSR count). The van der Waals surface area contributed by atoms with Gasteiger partial charge in [-0.25, -0.2) is 4.79 Å². The monoisotopic (exact) mass is 398 g/mol. The molecule has 0 saturated heterocycles. The predicted molar refractivity (Wildman–Crippen MR) is 115 cm³/mol. The number of fused-ring (bicyclic) bond motifs is 1. The molecule has 0 radical (unpaired) electrons. The van der Waals surface area contributed by atoms with Crippen molar-refractivity contribution >= 4 is 23.0 Å². The van der Waals surface area contributed by atoms with Crippen LogP contribution in [0.2, 0.25) is 0 Å². The Kier molecular flexibility index (Phi) is 5.44. The van der Waals surface area contributed by atoms with Crippen LogP contribution < -0.4 is 14.9 Å². The zero-order valence-electron chi connectivity index (χ0n) is 16.2. The van der Waals surface area contributed by atoms with E-state index in [0.29, 0.717) is 16.7 Å². The molecule has 0 atom stereocenters. The van der Waals surface area contributed by atoms with Crippen molar-refractivity contribution in [3.8, 4) is 17.2 Å². The van der Waals surface area contributed by atoms with Crippen LogP contribution >= 0.6 is 0 Å². The van der Waals surface area contributed by atoms with Crippen LogP contribution in [-0.2, 0) is 4.79 Å². The number of esters is 1. The standard InChI is InChI=1S/C25H18O5/c1-17-7-10-19(11-8-17)29-23-16-28-22-15-20(12-13-21(22)25(23)27)30-24(26)14-9-18-5-3-2-4-6-18/h2-16H,1H3/b14-9+. The van der Waals surface area contributed by atoms with Crippen molar-refractivity contribution in [2.75, 3.05) is 0 Å². The van der Waals surface area contributed by atoms with E-state index in [-0.39, 0.29) is 16.9 Å². The largest absolute Gasteiger partial charge is 0.460 e. The first-order valence-corrected chi connectivity index (χ1v) is 9.33. The summed E-state index contributed by atoms with van der Waals surface area (Å²) in [7, 11) is 0. The first kappa shape index (κ1) is 19.2. The number of aryl methyl sites for hydroxylation is 1. The van der Waals surface area contributed by atoms with E-state index in [4.69, 9.17) is 13.9 Å². The van der Waals surface area contributed by atoms with E-state index < -0.39 is 5.97 Å². The molecular formula is C25H18O5. The zero-order valence-corrected chi connectivity index (χ0v) is 16.2. The topological polar surface area (TPSA) is 65.7 Å². The molecule has 148 valence electrons. The number of rotatable bonds is 5. The number of ether oxygens (including phenoxy) is 2. The third kappa shape index (κ3) is 4.47. The Morgan fingerprint density at radius 1 is 0.933 bits per heavy atom. The second kappa shape index (κ2) is 8.49. The minimum atomic E-state index is -0.528. The van der Waals surface area contributed by atoms with Crippen LogP contribution in [0.25, 0.3) is 17.0 Å². The summed E-state index contributed by atoms with van der Waals surface area (Å²) in [4.78, 5) is 24.7. The number of hydrogen-bond donors (Lipinski definition) is 0. The summed E-state index contributed by atoms with van der Waals surface area (Å²) in [5.41, 5.74) is 1.97. The molecule has 0 bridgehead atoms. The Morgan fingerprint density at radius 2 is 1.67 bits per heavy atom. The maximum atomic E-state index is 12.7. The van der Waals surface area contributed by atoms with Gasteiger partial charge in [0.25, 0.3) is 0 Å². The predicted octanol–water partition coefficient (Wildman–Crippen LogP) is 5.51. The van der Waals surface area contributed by atoms with Crippen LogP contribution in [0, 0.1) is 6.92 Å². The second-order valence-electron chi connectivity index (χ2n) is 6.67. The molecule has 0 aliphatic carbocycles. The SMILES string of the molecule is Cc1ccc(Oc2coc3cc(OC(=O)/C=C/c4ccccc4)ccc3c2=O)cc1. The molecule has 5 nitrogen and oxygen atoms in total. The summed E-state index contributed by atoms with van der Waals surface area (Å²) in [5, 5.41) is 0.333. The molecule has 1 heterocycles. The van der Waals surface area contributed by atoms with Gasteiger partial charge in [-0.15, -0.1) is 0 Å². The molecule has 5 heteroatoms. The van der Waals surface area contributed by atoms with E-state index in [1.807, 2.05) is 49.4 Å². The summed E-state index contributed by atoms with van der Waals surface area (Å²) < 4.78 is 16.5. The maximum Gasteiger partial charge on any atom is 0.336 e. The van der Waals surface area contributed by atoms with E-state index in [1.165, 1.54) is 18.4 Å². The molecular weight excluding hydrogens is 380 g/mol. The van der Waals surface area contributed by atoms with E-state index in [1.54, 1.807) is 30.3 Å².